The summed E-state index contributed by atoms with van der Waals surface area (Å²) in [7, 11) is 0. The zero-order chi connectivity index (χ0) is 12.8. The van der Waals surface area contributed by atoms with Crippen LogP contribution in [0.1, 0.15) is 37.7 Å². The van der Waals surface area contributed by atoms with Gasteiger partial charge >= 0.3 is 0 Å². The summed E-state index contributed by atoms with van der Waals surface area (Å²) >= 11 is 6.00. The summed E-state index contributed by atoms with van der Waals surface area (Å²) in [6, 6.07) is 5.41. The topological polar surface area (TPSA) is 55.5 Å². The Kier molecular flexibility index (Phi) is 2.81. The average molecular weight is 268 g/mol. The van der Waals surface area contributed by atoms with Crippen molar-refractivity contribution in [2.24, 2.45) is 5.73 Å². The van der Waals surface area contributed by atoms with Crippen molar-refractivity contribution >= 4 is 11.6 Å². The van der Waals surface area contributed by atoms with Gasteiger partial charge in [0, 0.05) is 23.6 Å². The third kappa shape index (κ3) is 1.81. The molecule has 4 heteroatoms. The highest BCUT2D eigenvalue weighted by Gasteiger charge is 2.49. The molecule has 1 fully saturated rings. The van der Waals surface area contributed by atoms with E-state index < -0.39 is 5.60 Å². The first-order valence-electron chi connectivity index (χ1n) is 6.48. The summed E-state index contributed by atoms with van der Waals surface area (Å²) in [6.45, 7) is 0.200. The first kappa shape index (κ1) is 12.3. The van der Waals surface area contributed by atoms with Crippen molar-refractivity contribution in [1.29, 1.82) is 0 Å². The van der Waals surface area contributed by atoms with Crippen LogP contribution in [0, 0.1) is 0 Å². The fraction of sp³-hybridized carbons (Fsp3) is 0.571. The molecule has 0 aromatic heterocycles. The zero-order valence-corrected chi connectivity index (χ0v) is 11.0. The Labute approximate surface area is 112 Å². The molecule has 3 nitrogen and oxygen atoms in total. The number of fused-ring (bicyclic) bond motifs is 1. The Balaban J connectivity index is 2.08. The van der Waals surface area contributed by atoms with Crippen molar-refractivity contribution in [3.8, 4) is 5.75 Å². The fourth-order valence-electron chi connectivity index (χ4n) is 3.33. The second-order valence-corrected chi connectivity index (χ2v) is 5.98. The highest BCUT2D eigenvalue weighted by Crippen LogP contribution is 2.49. The summed E-state index contributed by atoms with van der Waals surface area (Å²) in [4.78, 5) is 0. The van der Waals surface area contributed by atoms with Crippen LogP contribution in [-0.2, 0) is 5.60 Å². The van der Waals surface area contributed by atoms with Crippen LogP contribution >= 0.6 is 11.6 Å². The van der Waals surface area contributed by atoms with Gasteiger partial charge in [0.05, 0.1) is 0 Å². The molecule has 3 rings (SSSR count). The van der Waals surface area contributed by atoms with Crippen LogP contribution in [0.2, 0.25) is 5.02 Å². The molecular weight excluding hydrogens is 250 g/mol. The lowest BCUT2D eigenvalue weighted by molar-refractivity contribution is -0.0712. The minimum absolute atomic E-state index is 0.200. The van der Waals surface area contributed by atoms with Crippen LogP contribution in [0.25, 0.3) is 0 Å². The Morgan fingerprint density at radius 2 is 2.06 bits per heavy atom. The molecule has 0 bridgehead atoms. The van der Waals surface area contributed by atoms with E-state index in [1.807, 2.05) is 6.07 Å². The highest BCUT2D eigenvalue weighted by molar-refractivity contribution is 6.30. The Morgan fingerprint density at radius 1 is 1.33 bits per heavy atom. The Morgan fingerprint density at radius 3 is 2.72 bits per heavy atom. The molecule has 1 aliphatic heterocycles. The Bertz CT molecular complexity index is 471. The van der Waals surface area contributed by atoms with E-state index in [1.54, 1.807) is 12.1 Å². The van der Waals surface area contributed by atoms with Crippen molar-refractivity contribution in [2.45, 2.75) is 43.3 Å². The molecule has 1 heterocycles. The molecule has 1 unspecified atom stereocenters. The number of rotatable bonds is 1. The van der Waals surface area contributed by atoms with E-state index in [0.29, 0.717) is 11.4 Å². The third-order valence-corrected chi connectivity index (χ3v) is 4.47. The summed E-state index contributed by atoms with van der Waals surface area (Å²) in [5.41, 5.74) is 5.30. The second-order valence-electron chi connectivity index (χ2n) is 5.55. The summed E-state index contributed by atoms with van der Waals surface area (Å²) in [5, 5.41) is 11.4. The molecule has 18 heavy (non-hydrogen) atoms. The largest absolute Gasteiger partial charge is 0.487 e. The minimum Gasteiger partial charge on any atom is -0.487 e. The highest BCUT2D eigenvalue weighted by atomic mass is 35.5. The molecule has 1 aromatic rings. The van der Waals surface area contributed by atoms with Gasteiger partial charge in [0.2, 0.25) is 0 Å². The van der Waals surface area contributed by atoms with Crippen LogP contribution in [0.4, 0.5) is 0 Å². The lowest BCUT2D eigenvalue weighted by atomic mass is 9.78. The molecule has 1 saturated carbocycles. The molecule has 1 aromatic carbocycles. The van der Waals surface area contributed by atoms with Crippen LogP contribution in [0.3, 0.4) is 0 Å². The van der Waals surface area contributed by atoms with Crippen LogP contribution in [-0.4, -0.2) is 17.3 Å². The number of ether oxygens (including phenoxy) is 1. The first-order valence-corrected chi connectivity index (χ1v) is 6.86. The van der Waals surface area contributed by atoms with E-state index in [4.69, 9.17) is 22.1 Å². The molecule has 1 atom stereocenters. The molecule has 1 spiro atoms. The maximum Gasteiger partial charge on any atom is 0.126 e. The van der Waals surface area contributed by atoms with Gasteiger partial charge in [-0.2, -0.15) is 0 Å². The molecule has 1 aliphatic carbocycles. The quantitative estimate of drug-likeness (QED) is 0.822. The molecule has 0 amide bonds. The SMILES string of the molecule is NCC1(O)CC2(CCCC2)Oc2ccc(Cl)cc21. The van der Waals surface area contributed by atoms with Gasteiger partial charge < -0.3 is 15.6 Å². The van der Waals surface area contributed by atoms with Gasteiger partial charge in [-0.15, -0.1) is 0 Å². The van der Waals surface area contributed by atoms with E-state index >= 15 is 0 Å². The summed E-state index contributed by atoms with van der Waals surface area (Å²) in [6.07, 6.45) is 4.88. The van der Waals surface area contributed by atoms with Gasteiger partial charge in [-0.1, -0.05) is 11.6 Å². The monoisotopic (exact) mass is 267 g/mol. The molecular formula is C14H18ClNO2. The standard InChI is InChI=1S/C14H18ClNO2/c15-10-3-4-12-11(7-10)14(17,9-16)8-13(18-12)5-1-2-6-13/h3-4,7,17H,1-2,5-6,8-9,16H2. The van der Waals surface area contributed by atoms with Crippen LogP contribution in [0.15, 0.2) is 18.2 Å². The van der Waals surface area contributed by atoms with Crippen molar-refractivity contribution in [1.82, 2.24) is 0 Å². The molecule has 98 valence electrons. The Hall–Kier alpha value is -0.770. The average Bonchev–Trinajstić information content (AvgIpc) is 2.78. The second kappa shape index (κ2) is 4.12. The maximum absolute atomic E-state index is 10.8. The van der Waals surface area contributed by atoms with Gasteiger partial charge in [-0.3, -0.25) is 0 Å². The lowest BCUT2D eigenvalue weighted by Gasteiger charge is -2.44. The van der Waals surface area contributed by atoms with E-state index in [0.717, 1.165) is 37.0 Å². The van der Waals surface area contributed by atoms with Gasteiger partial charge in [-0.25, -0.2) is 0 Å². The number of benzene rings is 1. The van der Waals surface area contributed by atoms with Crippen LogP contribution in [0.5, 0.6) is 5.75 Å². The predicted octanol–water partition coefficient (Wildman–Crippen LogP) is 2.58. The minimum atomic E-state index is -1.01. The van der Waals surface area contributed by atoms with Gasteiger partial charge in [0.25, 0.3) is 0 Å². The van der Waals surface area contributed by atoms with E-state index in [1.165, 1.54) is 0 Å². The van der Waals surface area contributed by atoms with E-state index in [2.05, 4.69) is 0 Å². The predicted molar refractivity (Wildman–Crippen MR) is 70.8 cm³/mol. The number of hydrogen-bond donors (Lipinski definition) is 2. The fourth-order valence-corrected chi connectivity index (χ4v) is 3.50. The summed E-state index contributed by atoms with van der Waals surface area (Å²) in [5.74, 6) is 0.737. The van der Waals surface area contributed by atoms with Crippen molar-refractivity contribution in [2.75, 3.05) is 6.54 Å². The lowest BCUT2D eigenvalue weighted by Crippen LogP contribution is -2.49. The van der Waals surface area contributed by atoms with Crippen molar-refractivity contribution in [3.05, 3.63) is 28.8 Å². The molecule has 2 aliphatic rings. The number of halogens is 1. The van der Waals surface area contributed by atoms with E-state index in [-0.39, 0.29) is 12.1 Å². The smallest absolute Gasteiger partial charge is 0.126 e. The van der Waals surface area contributed by atoms with Gasteiger partial charge in [-0.05, 0) is 43.9 Å². The van der Waals surface area contributed by atoms with Crippen LogP contribution < -0.4 is 10.5 Å². The van der Waals surface area contributed by atoms with Gasteiger partial charge in [0.15, 0.2) is 0 Å². The summed E-state index contributed by atoms with van der Waals surface area (Å²) < 4.78 is 6.16. The third-order valence-electron chi connectivity index (χ3n) is 4.24. The zero-order valence-electron chi connectivity index (χ0n) is 10.3. The molecule has 0 radical (unpaired) electrons. The normalized spacial score (nSPS) is 29.1. The molecule has 3 N–H and O–H groups in total. The van der Waals surface area contributed by atoms with E-state index in [9.17, 15) is 5.11 Å². The van der Waals surface area contributed by atoms with Gasteiger partial charge in [0.1, 0.15) is 17.0 Å². The van der Waals surface area contributed by atoms with Crippen molar-refractivity contribution in [3.63, 3.8) is 0 Å². The molecule has 0 saturated heterocycles. The van der Waals surface area contributed by atoms with Crippen molar-refractivity contribution < 1.29 is 9.84 Å². The maximum atomic E-state index is 10.8. The number of nitrogens with two attached hydrogens (primary N) is 1. The first-order chi connectivity index (χ1) is 8.57. The number of hydrogen-bond acceptors (Lipinski definition) is 3. The number of aliphatic hydroxyl groups is 1.